The van der Waals surface area contributed by atoms with Crippen LogP contribution >= 0.6 is 0 Å². The Labute approximate surface area is 223 Å². The number of aryl methyl sites for hydroxylation is 1. The van der Waals surface area contributed by atoms with Crippen LogP contribution in [0.4, 0.5) is 15.0 Å². The number of carbonyl (C=O) groups excluding carboxylic acids is 1. The first-order valence-corrected chi connectivity index (χ1v) is 12.4. The van der Waals surface area contributed by atoms with Crippen LogP contribution in [-0.2, 0) is 16.9 Å². The van der Waals surface area contributed by atoms with E-state index < -0.39 is 17.5 Å². The minimum atomic E-state index is -1.38. The number of ether oxygens (including phenoxy) is 2. The molecule has 0 radical (unpaired) electrons. The van der Waals surface area contributed by atoms with Crippen LogP contribution in [0.3, 0.4) is 0 Å². The van der Waals surface area contributed by atoms with Crippen molar-refractivity contribution in [3.63, 3.8) is 0 Å². The summed E-state index contributed by atoms with van der Waals surface area (Å²) in [5, 5.41) is 0. The molecule has 6 rings (SSSR count). The monoisotopic (exact) mass is 525 g/mol. The summed E-state index contributed by atoms with van der Waals surface area (Å²) >= 11 is 0. The highest BCUT2D eigenvalue weighted by Crippen LogP contribution is 2.46. The maximum absolute atomic E-state index is 15.1. The summed E-state index contributed by atoms with van der Waals surface area (Å²) in [6, 6.07) is 4.69. The molecule has 1 aromatic carbocycles. The number of benzene rings is 1. The normalized spacial score (nSPS) is 18.3. The molecule has 4 heterocycles. The highest BCUT2D eigenvalue weighted by molar-refractivity contribution is 5.91. The number of fused-ring (bicyclic) bond motifs is 1. The molecular weight excluding hydrogens is 501 g/mol. The lowest BCUT2D eigenvalue weighted by molar-refractivity contribution is 0.0625. The molecule has 10 nitrogen and oxygen atoms in total. The second-order valence-corrected chi connectivity index (χ2v) is 9.71. The number of aromatic nitrogens is 6. The Morgan fingerprint density at radius 1 is 1.26 bits per heavy atom. The Kier molecular flexibility index (Phi) is 5.75. The van der Waals surface area contributed by atoms with Gasteiger partial charge in [0.25, 0.3) is 0 Å². The van der Waals surface area contributed by atoms with Gasteiger partial charge in [-0.05, 0) is 44.4 Å². The van der Waals surface area contributed by atoms with Gasteiger partial charge in [0.1, 0.15) is 23.5 Å². The van der Waals surface area contributed by atoms with Gasteiger partial charge >= 0.3 is 6.09 Å². The average molecular weight is 526 g/mol. The van der Waals surface area contributed by atoms with E-state index in [-0.39, 0.29) is 18.3 Å². The van der Waals surface area contributed by atoms with Crippen LogP contribution in [0.5, 0.6) is 5.88 Å². The zero-order chi connectivity index (χ0) is 27.3. The van der Waals surface area contributed by atoms with Crippen molar-refractivity contribution >= 4 is 11.9 Å². The number of H-pyrrole nitrogens is 1. The summed E-state index contributed by atoms with van der Waals surface area (Å²) in [5.74, 6) is 3.63. The predicted molar refractivity (Wildman–Crippen MR) is 139 cm³/mol. The molecule has 1 atom stereocenters. The second-order valence-electron chi connectivity index (χ2n) is 9.71. The van der Waals surface area contributed by atoms with E-state index in [2.05, 4.69) is 30.8 Å². The number of terminal acetylenes is 1. The molecule has 1 N–H and O–H groups in total. The molecule has 4 aromatic rings. The van der Waals surface area contributed by atoms with Gasteiger partial charge in [0.05, 0.1) is 30.5 Å². The lowest BCUT2D eigenvalue weighted by Crippen LogP contribution is -2.44. The summed E-state index contributed by atoms with van der Waals surface area (Å²) in [4.78, 5) is 39.9. The molecule has 1 fully saturated rings. The van der Waals surface area contributed by atoms with Gasteiger partial charge in [-0.15, -0.1) is 6.42 Å². The van der Waals surface area contributed by atoms with Gasteiger partial charge in [0.15, 0.2) is 11.6 Å². The zero-order valence-corrected chi connectivity index (χ0v) is 21.5. The number of halogens is 1. The Morgan fingerprint density at radius 2 is 2.08 bits per heavy atom. The zero-order valence-electron chi connectivity index (χ0n) is 21.5. The maximum Gasteiger partial charge on any atom is 0.417 e. The van der Waals surface area contributed by atoms with E-state index in [1.807, 2.05) is 6.92 Å². The SMILES string of the molecule is C#CC1(C)OC(=O)N(Cc2ccc(-c3ncc(C)[nH]3)c(F)c2)c2nc(-c3c(OC)ncnc3C3CC3)ncc21. The van der Waals surface area contributed by atoms with Crippen molar-refractivity contribution in [3.05, 3.63) is 65.3 Å². The number of imidazole rings is 1. The second kappa shape index (κ2) is 9.16. The largest absolute Gasteiger partial charge is 0.480 e. The molecule has 0 spiro atoms. The van der Waals surface area contributed by atoms with Crippen LogP contribution in [0.25, 0.3) is 22.8 Å². The molecular formula is C28H24FN7O3. The number of carbonyl (C=O) groups is 1. The van der Waals surface area contributed by atoms with Gasteiger partial charge in [-0.1, -0.05) is 12.0 Å². The molecule has 3 aromatic heterocycles. The fourth-order valence-corrected chi connectivity index (χ4v) is 4.65. The molecule has 0 bridgehead atoms. The average Bonchev–Trinajstić information content (AvgIpc) is 3.70. The number of cyclic esters (lactones) is 1. The third kappa shape index (κ3) is 4.24. The van der Waals surface area contributed by atoms with Crippen LogP contribution in [0.15, 0.2) is 36.9 Å². The third-order valence-corrected chi connectivity index (χ3v) is 6.88. The third-order valence-electron chi connectivity index (χ3n) is 6.88. The van der Waals surface area contributed by atoms with E-state index in [0.29, 0.717) is 39.8 Å². The van der Waals surface area contributed by atoms with Gasteiger partial charge in [-0.3, -0.25) is 4.90 Å². The lowest BCUT2D eigenvalue weighted by Gasteiger charge is -2.36. The molecule has 0 saturated heterocycles. The van der Waals surface area contributed by atoms with Crippen molar-refractivity contribution in [3.8, 4) is 41.0 Å². The molecule has 1 amide bonds. The van der Waals surface area contributed by atoms with E-state index in [4.69, 9.17) is 20.9 Å². The van der Waals surface area contributed by atoms with Crippen LogP contribution in [0.1, 0.15) is 48.2 Å². The van der Waals surface area contributed by atoms with E-state index in [1.165, 1.54) is 24.4 Å². The smallest absolute Gasteiger partial charge is 0.417 e. The number of methoxy groups -OCH3 is 1. The molecule has 1 unspecified atom stereocenters. The Hall–Kier alpha value is -4.85. The molecule has 196 valence electrons. The van der Waals surface area contributed by atoms with Crippen molar-refractivity contribution in [2.75, 3.05) is 12.0 Å². The highest BCUT2D eigenvalue weighted by Gasteiger charge is 2.43. The van der Waals surface area contributed by atoms with Gasteiger partial charge in [0.2, 0.25) is 11.5 Å². The van der Waals surface area contributed by atoms with Gasteiger partial charge in [-0.25, -0.2) is 34.1 Å². The quantitative estimate of drug-likeness (QED) is 0.361. The van der Waals surface area contributed by atoms with Gasteiger partial charge in [-0.2, -0.15) is 0 Å². The van der Waals surface area contributed by atoms with Gasteiger partial charge < -0.3 is 14.5 Å². The first-order valence-electron chi connectivity index (χ1n) is 12.4. The standard InChI is InChI=1S/C28H24FN7O3/c1-5-28(3)19-12-31-24(21-22(17-7-8-17)32-14-33-26(21)38-4)35-25(19)36(27(37)39-28)13-16-6-9-18(20(29)10-16)23-30-11-15(2)34-23/h1,6,9-12,14,17H,7-8,13H2,2-4H3,(H,30,34). The summed E-state index contributed by atoms with van der Waals surface area (Å²) in [6.45, 7) is 3.42. The summed E-state index contributed by atoms with van der Waals surface area (Å²) < 4.78 is 26.2. The van der Waals surface area contributed by atoms with E-state index >= 15 is 4.39 Å². The first kappa shape index (κ1) is 24.5. The van der Waals surface area contributed by atoms with Crippen molar-refractivity contribution in [1.29, 1.82) is 0 Å². The highest BCUT2D eigenvalue weighted by atomic mass is 19.1. The number of amides is 1. The van der Waals surface area contributed by atoms with Crippen LogP contribution in [0, 0.1) is 25.1 Å². The van der Waals surface area contributed by atoms with Crippen molar-refractivity contribution in [2.24, 2.45) is 0 Å². The van der Waals surface area contributed by atoms with E-state index in [9.17, 15) is 4.79 Å². The van der Waals surface area contributed by atoms with Crippen molar-refractivity contribution < 1.29 is 18.7 Å². The summed E-state index contributed by atoms with van der Waals surface area (Å²) in [5.41, 5.74) is 2.06. The number of nitrogens with one attached hydrogen (secondary N) is 1. The number of aromatic amines is 1. The maximum atomic E-state index is 15.1. The van der Waals surface area contributed by atoms with E-state index in [0.717, 1.165) is 24.2 Å². The number of hydrogen-bond acceptors (Lipinski definition) is 8. The Balaban J connectivity index is 1.43. The molecule has 2 aliphatic rings. The van der Waals surface area contributed by atoms with Crippen LogP contribution in [-0.4, -0.2) is 43.1 Å². The molecule has 39 heavy (non-hydrogen) atoms. The van der Waals surface area contributed by atoms with Crippen molar-refractivity contribution in [1.82, 2.24) is 29.9 Å². The first-order chi connectivity index (χ1) is 18.8. The number of hydrogen-bond donors (Lipinski definition) is 1. The number of rotatable bonds is 6. The number of anilines is 1. The van der Waals surface area contributed by atoms with Gasteiger partial charge in [0, 0.05) is 24.0 Å². The lowest BCUT2D eigenvalue weighted by atomic mass is 9.96. The number of nitrogens with zero attached hydrogens (tertiary/aromatic N) is 6. The molecule has 1 aliphatic heterocycles. The summed E-state index contributed by atoms with van der Waals surface area (Å²) in [7, 11) is 1.52. The molecule has 1 aliphatic carbocycles. The fourth-order valence-electron chi connectivity index (χ4n) is 4.65. The van der Waals surface area contributed by atoms with Crippen LogP contribution < -0.4 is 9.64 Å². The summed E-state index contributed by atoms with van der Waals surface area (Å²) in [6.07, 6.45) is 11.7. The molecule has 1 saturated carbocycles. The van der Waals surface area contributed by atoms with E-state index in [1.54, 1.807) is 31.5 Å². The predicted octanol–water partition coefficient (Wildman–Crippen LogP) is 4.66. The minimum Gasteiger partial charge on any atom is -0.480 e. The van der Waals surface area contributed by atoms with Crippen molar-refractivity contribution in [2.45, 2.75) is 44.8 Å². The Morgan fingerprint density at radius 3 is 2.74 bits per heavy atom. The minimum absolute atomic E-state index is 0.0186. The topological polar surface area (TPSA) is 119 Å². The fraction of sp³-hybridized carbons (Fsp3) is 0.286. The molecule has 11 heteroatoms. The Bertz CT molecular complexity index is 1660. The van der Waals surface area contributed by atoms with Crippen LogP contribution in [0.2, 0.25) is 0 Å².